The van der Waals surface area contributed by atoms with Crippen molar-refractivity contribution in [2.75, 3.05) is 26.9 Å². The number of aryl methyl sites for hydroxylation is 1. The number of hydrogen-bond donors (Lipinski definition) is 1. The Bertz CT molecular complexity index is 567. The van der Waals surface area contributed by atoms with Crippen LogP contribution in [0.3, 0.4) is 0 Å². The highest BCUT2D eigenvalue weighted by atomic mass is 32.2. The van der Waals surface area contributed by atoms with Gasteiger partial charge >= 0.3 is 0 Å². The fourth-order valence-corrected chi connectivity index (χ4v) is 3.65. The zero-order valence-corrected chi connectivity index (χ0v) is 13.6. The first-order valence-electron chi connectivity index (χ1n) is 6.57. The molecule has 0 aliphatic carbocycles. The molecular formula is C14H23NO4S. The van der Waals surface area contributed by atoms with Crippen molar-refractivity contribution in [2.45, 2.75) is 32.6 Å². The molecule has 1 N–H and O–H groups in total. The van der Waals surface area contributed by atoms with Gasteiger partial charge in [0.1, 0.15) is 5.75 Å². The predicted molar refractivity (Wildman–Crippen MR) is 78.9 cm³/mol. The van der Waals surface area contributed by atoms with Crippen LogP contribution >= 0.6 is 0 Å². The Morgan fingerprint density at radius 3 is 2.40 bits per heavy atom. The zero-order valence-electron chi connectivity index (χ0n) is 12.7. The second kappa shape index (κ2) is 7.06. The first-order chi connectivity index (χ1) is 9.35. The molecule has 1 aromatic rings. The van der Waals surface area contributed by atoms with Crippen LogP contribution in [-0.4, -0.2) is 35.3 Å². The minimum Gasteiger partial charge on any atom is -0.496 e. The third kappa shape index (κ3) is 3.71. The number of nitrogens with one attached hydrogen (secondary N) is 1. The van der Waals surface area contributed by atoms with Crippen molar-refractivity contribution in [3.05, 3.63) is 22.8 Å². The van der Waals surface area contributed by atoms with Crippen LogP contribution < -0.4 is 9.46 Å². The summed E-state index contributed by atoms with van der Waals surface area (Å²) in [5, 5.41) is 0. The van der Waals surface area contributed by atoms with Crippen molar-refractivity contribution < 1.29 is 17.9 Å². The summed E-state index contributed by atoms with van der Waals surface area (Å²) in [6.45, 7) is 8.49. The molecule has 0 aliphatic rings. The highest BCUT2D eigenvalue weighted by molar-refractivity contribution is 7.89. The van der Waals surface area contributed by atoms with Gasteiger partial charge < -0.3 is 9.47 Å². The Balaban J connectivity index is 3.09. The van der Waals surface area contributed by atoms with E-state index in [9.17, 15) is 8.42 Å². The van der Waals surface area contributed by atoms with E-state index in [1.165, 1.54) is 0 Å². The largest absolute Gasteiger partial charge is 0.496 e. The van der Waals surface area contributed by atoms with Crippen molar-refractivity contribution >= 4 is 10.0 Å². The van der Waals surface area contributed by atoms with E-state index < -0.39 is 10.0 Å². The second-order valence-corrected chi connectivity index (χ2v) is 6.27. The van der Waals surface area contributed by atoms with Crippen LogP contribution in [0, 0.1) is 20.8 Å². The summed E-state index contributed by atoms with van der Waals surface area (Å²) in [6.07, 6.45) is 0. The quantitative estimate of drug-likeness (QED) is 0.782. The molecule has 114 valence electrons. The number of sulfonamides is 1. The van der Waals surface area contributed by atoms with Gasteiger partial charge in [0.25, 0.3) is 0 Å². The van der Waals surface area contributed by atoms with Crippen LogP contribution in [0.15, 0.2) is 11.0 Å². The molecular weight excluding hydrogens is 278 g/mol. The third-order valence-corrected chi connectivity index (χ3v) is 4.96. The summed E-state index contributed by atoms with van der Waals surface area (Å²) < 4.78 is 37.7. The summed E-state index contributed by atoms with van der Waals surface area (Å²) in [7, 11) is -1.96. The lowest BCUT2D eigenvalue weighted by molar-refractivity contribution is 0.153. The predicted octanol–water partition coefficient (Wildman–Crippen LogP) is 1.94. The van der Waals surface area contributed by atoms with E-state index in [1.54, 1.807) is 27.0 Å². The van der Waals surface area contributed by atoms with Gasteiger partial charge in [-0.1, -0.05) is 0 Å². The minimum absolute atomic E-state index is 0.264. The van der Waals surface area contributed by atoms with Crippen molar-refractivity contribution in [3.63, 3.8) is 0 Å². The fourth-order valence-electron chi connectivity index (χ4n) is 2.11. The molecule has 0 bridgehead atoms. The topological polar surface area (TPSA) is 64.6 Å². The van der Waals surface area contributed by atoms with Gasteiger partial charge in [-0.25, -0.2) is 13.1 Å². The molecule has 0 aromatic heterocycles. The minimum atomic E-state index is -3.54. The van der Waals surface area contributed by atoms with Gasteiger partial charge in [-0.05, 0) is 50.5 Å². The highest BCUT2D eigenvalue weighted by Crippen LogP contribution is 2.30. The molecule has 0 saturated carbocycles. The maximum atomic E-state index is 12.4. The number of rotatable bonds is 7. The molecule has 0 radical (unpaired) electrons. The van der Waals surface area contributed by atoms with Crippen LogP contribution in [-0.2, 0) is 14.8 Å². The van der Waals surface area contributed by atoms with Crippen LogP contribution in [0.4, 0.5) is 0 Å². The van der Waals surface area contributed by atoms with Crippen LogP contribution in [0.5, 0.6) is 5.75 Å². The lowest BCUT2D eigenvalue weighted by Crippen LogP contribution is -2.29. The Kier molecular flexibility index (Phi) is 5.98. The van der Waals surface area contributed by atoms with Gasteiger partial charge in [0.05, 0.1) is 18.6 Å². The Hall–Kier alpha value is -1.11. The molecule has 0 aliphatic heterocycles. The van der Waals surface area contributed by atoms with Crippen LogP contribution in [0.2, 0.25) is 0 Å². The first kappa shape index (κ1) is 16.9. The van der Waals surface area contributed by atoms with Crippen molar-refractivity contribution in [1.29, 1.82) is 0 Å². The van der Waals surface area contributed by atoms with E-state index in [1.807, 2.05) is 13.8 Å². The third-order valence-electron chi connectivity index (χ3n) is 3.21. The van der Waals surface area contributed by atoms with Crippen molar-refractivity contribution in [3.8, 4) is 5.75 Å². The molecule has 0 spiro atoms. The number of methoxy groups -OCH3 is 1. The average molecular weight is 301 g/mol. The molecule has 0 unspecified atom stereocenters. The number of hydrogen-bond acceptors (Lipinski definition) is 4. The lowest BCUT2D eigenvalue weighted by atomic mass is 10.1. The zero-order chi connectivity index (χ0) is 15.3. The standard InChI is InChI=1S/C14H23NO4S/c1-6-19-8-7-15-20(16,17)14-10(2)9-13(18-5)11(3)12(14)4/h9,15H,6-8H2,1-5H3. The van der Waals surface area contributed by atoms with Gasteiger partial charge in [-0.2, -0.15) is 0 Å². The second-order valence-electron chi connectivity index (χ2n) is 4.57. The normalized spacial score (nSPS) is 11.7. The Labute approximate surface area is 121 Å². The molecule has 6 heteroatoms. The highest BCUT2D eigenvalue weighted by Gasteiger charge is 2.22. The van der Waals surface area contributed by atoms with E-state index in [-0.39, 0.29) is 6.54 Å². The molecule has 0 amide bonds. The van der Waals surface area contributed by atoms with Gasteiger partial charge in [0.15, 0.2) is 0 Å². The first-order valence-corrected chi connectivity index (χ1v) is 8.05. The number of ether oxygens (including phenoxy) is 2. The van der Waals surface area contributed by atoms with Gasteiger partial charge in [-0.15, -0.1) is 0 Å². The van der Waals surface area contributed by atoms with Crippen molar-refractivity contribution in [2.24, 2.45) is 0 Å². The molecule has 0 atom stereocenters. The summed E-state index contributed by atoms with van der Waals surface area (Å²) in [6, 6.07) is 1.75. The molecule has 1 aromatic carbocycles. The summed E-state index contributed by atoms with van der Waals surface area (Å²) in [5.41, 5.74) is 2.22. The van der Waals surface area contributed by atoms with Crippen LogP contribution in [0.1, 0.15) is 23.6 Å². The molecule has 0 heterocycles. The average Bonchev–Trinajstić information content (AvgIpc) is 2.38. The lowest BCUT2D eigenvalue weighted by Gasteiger charge is -2.16. The smallest absolute Gasteiger partial charge is 0.241 e. The van der Waals surface area contributed by atoms with Gasteiger partial charge in [0, 0.05) is 13.2 Å². The Morgan fingerprint density at radius 1 is 1.20 bits per heavy atom. The number of benzene rings is 1. The van der Waals surface area contributed by atoms with Crippen molar-refractivity contribution in [1.82, 2.24) is 4.72 Å². The monoisotopic (exact) mass is 301 g/mol. The molecule has 20 heavy (non-hydrogen) atoms. The summed E-state index contributed by atoms with van der Waals surface area (Å²) in [4.78, 5) is 0.326. The van der Waals surface area contributed by atoms with Gasteiger partial charge in [0.2, 0.25) is 10.0 Å². The Morgan fingerprint density at radius 2 is 1.85 bits per heavy atom. The SMILES string of the molecule is CCOCCNS(=O)(=O)c1c(C)cc(OC)c(C)c1C. The van der Waals surface area contributed by atoms with Crippen LogP contribution in [0.25, 0.3) is 0 Å². The fraction of sp³-hybridized carbons (Fsp3) is 0.571. The molecule has 1 rings (SSSR count). The molecule has 0 saturated heterocycles. The van der Waals surface area contributed by atoms with E-state index in [2.05, 4.69) is 4.72 Å². The maximum absolute atomic E-state index is 12.4. The van der Waals surface area contributed by atoms with E-state index in [4.69, 9.17) is 9.47 Å². The van der Waals surface area contributed by atoms with E-state index in [0.29, 0.717) is 35.0 Å². The maximum Gasteiger partial charge on any atom is 0.241 e. The van der Waals surface area contributed by atoms with Gasteiger partial charge in [-0.3, -0.25) is 0 Å². The van der Waals surface area contributed by atoms with E-state index in [0.717, 1.165) is 5.56 Å². The summed E-state index contributed by atoms with van der Waals surface area (Å²) in [5.74, 6) is 0.702. The summed E-state index contributed by atoms with van der Waals surface area (Å²) >= 11 is 0. The molecule has 0 fully saturated rings. The van der Waals surface area contributed by atoms with E-state index >= 15 is 0 Å². The molecule has 5 nitrogen and oxygen atoms in total.